The third kappa shape index (κ3) is 3.50. The van der Waals surface area contributed by atoms with Crippen LogP contribution in [0.5, 0.6) is 5.75 Å². The van der Waals surface area contributed by atoms with Crippen LogP contribution in [0.25, 0.3) is 0 Å². The Morgan fingerprint density at radius 1 is 1.35 bits per heavy atom. The summed E-state index contributed by atoms with van der Waals surface area (Å²) in [4.78, 5) is 8.52. The van der Waals surface area contributed by atoms with Gasteiger partial charge in [0.05, 0.1) is 7.11 Å². The van der Waals surface area contributed by atoms with Crippen molar-refractivity contribution in [3.8, 4) is 5.75 Å². The fourth-order valence-corrected chi connectivity index (χ4v) is 2.51. The maximum absolute atomic E-state index is 5.44. The second-order valence-corrected chi connectivity index (χ2v) is 5.02. The number of methoxy groups -OCH3 is 1. The number of hydrogen-bond acceptors (Lipinski definition) is 6. The van der Waals surface area contributed by atoms with Gasteiger partial charge in [0.15, 0.2) is 11.6 Å². The zero-order valence-electron chi connectivity index (χ0n) is 12.5. The fourth-order valence-electron chi connectivity index (χ4n) is 2.51. The molecule has 1 aliphatic rings. The van der Waals surface area contributed by atoms with Crippen LogP contribution in [0.3, 0.4) is 0 Å². The van der Waals surface area contributed by atoms with E-state index in [4.69, 9.17) is 9.47 Å². The molecule has 0 radical (unpaired) electrons. The molecule has 2 N–H and O–H groups in total. The Hall–Kier alpha value is -1.56. The summed E-state index contributed by atoms with van der Waals surface area (Å²) >= 11 is 0. The lowest BCUT2D eigenvalue weighted by molar-refractivity contribution is 0.0622. The molecule has 1 aliphatic heterocycles. The van der Waals surface area contributed by atoms with E-state index in [1.807, 2.05) is 6.92 Å². The second-order valence-electron chi connectivity index (χ2n) is 5.02. The van der Waals surface area contributed by atoms with E-state index in [9.17, 15) is 0 Å². The van der Waals surface area contributed by atoms with Crippen molar-refractivity contribution in [2.24, 2.45) is 5.92 Å². The standard InChI is InChI=1S/C14H24N4O2/c1-4-15-13-12(19-3)14(17-9-16-13)18-10(2)11-5-7-20-8-6-11/h9-11H,4-8H2,1-3H3,(H2,15,16,17,18). The van der Waals surface area contributed by atoms with E-state index in [1.165, 1.54) is 0 Å². The third-order valence-corrected chi connectivity index (χ3v) is 3.69. The molecular formula is C14H24N4O2. The molecule has 6 nitrogen and oxygen atoms in total. The van der Waals surface area contributed by atoms with Gasteiger partial charge in [0.2, 0.25) is 5.75 Å². The average molecular weight is 280 g/mol. The number of hydrogen-bond donors (Lipinski definition) is 2. The highest BCUT2D eigenvalue weighted by Gasteiger charge is 2.22. The van der Waals surface area contributed by atoms with Crippen LogP contribution in [0.15, 0.2) is 6.33 Å². The number of anilines is 2. The Kier molecular flexibility index (Phi) is 5.40. The topological polar surface area (TPSA) is 68.3 Å². The van der Waals surface area contributed by atoms with Gasteiger partial charge in [0.25, 0.3) is 0 Å². The van der Waals surface area contributed by atoms with Gasteiger partial charge >= 0.3 is 0 Å². The van der Waals surface area contributed by atoms with Crippen molar-refractivity contribution in [1.29, 1.82) is 0 Å². The third-order valence-electron chi connectivity index (χ3n) is 3.69. The summed E-state index contributed by atoms with van der Waals surface area (Å²) in [5.74, 6) is 2.75. The van der Waals surface area contributed by atoms with E-state index in [0.29, 0.717) is 17.7 Å². The highest BCUT2D eigenvalue weighted by molar-refractivity contribution is 5.63. The molecule has 1 unspecified atom stereocenters. The van der Waals surface area contributed by atoms with Crippen LogP contribution in [-0.4, -0.2) is 42.9 Å². The van der Waals surface area contributed by atoms with Crippen molar-refractivity contribution in [2.45, 2.75) is 32.7 Å². The zero-order valence-corrected chi connectivity index (χ0v) is 12.5. The zero-order chi connectivity index (χ0) is 14.4. The Morgan fingerprint density at radius 3 is 2.70 bits per heavy atom. The van der Waals surface area contributed by atoms with Crippen LogP contribution in [-0.2, 0) is 4.74 Å². The SMILES string of the molecule is CCNc1ncnc(NC(C)C2CCOCC2)c1OC. The van der Waals surface area contributed by atoms with Crippen LogP contribution in [0.1, 0.15) is 26.7 Å². The monoisotopic (exact) mass is 280 g/mol. The normalized spacial score (nSPS) is 17.6. The molecule has 0 spiro atoms. The van der Waals surface area contributed by atoms with E-state index in [1.54, 1.807) is 13.4 Å². The highest BCUT2D eigenvalue weighted by Crippen LogP contribution is 2.31. The Balaban J connectivity index is 2.09. The summed E-state index contributed by atoms with van der Waals surface area (Å²) in [5, 5.41) is 6.64. The molecule has 1 aromatic rings. The predicted octanol–water partition coefficient (Wildman–Crippen LogP) is 2.14. The molecule has 6 heteroatoms. The van der Waals surface area contributed by atoms with Gasteiger partial charge < -0.3 is 20.1 Å². The summed E-state index contributed by atoms with van der Waals surface area (Å²) in [6, 6.07) is 0.331. The molecule has 20 heavy (non-hydrogen) atoms. The van der Waals surface area contributed by atoms with Gasteiger partial charge in [-0.05, 0) is 32.6 Å². The lowest BCUT2D eigenvalue weighted by atomic mass is 9.93. The van der Waals surface area contributed by atoms with Crippen molar-refractivity contribution in [2.75, 3.05) is 37.5 Å². The first-order chi connectivity index (χ1) is 9.76. The van der Waals surface area contributed by atoms with E-state index in [0.717, 1.165) is 44.2 Å². The Morgan fingerprint density at radius 2 is 2.05 bits per heavy atom. The molecule has 1 fully saturated rings. The molecule has 0 aliphatic carbocycles. The van der Waals surface area contributed by atoms with Gasteiger partial charge in [-0.3, -0.25) is 0 Å². The van der Waals surface area contributed by atoms with Gasteiger partial charge in [-0.15, -0.1) is 0 Å². The molecule has 2 rings (SSSR count). The second kappa shape index (κ2) is 7.28. The van der Waals surface area contributed by atoms with Crippen molar-refractivity contribution in [1.82, 2.24) is 9.97 Å². The van der Waals surface area contributed by atoms with E-state index >= 15 is 0 Å². The summed E-state index contributed by atoms with van der Waals surface area (Å²) in [5.41, 5.74) is 0. The average Bonchev–Trinajstić information content (AvgIpc) is 2.49. The van der Waals surface area contributed by atoms with Gasteiger partial charge in [-0.2, -0.15) is 0 Å². The summed E-state index contributed by atoms with van der Waals surface area (Å²) in [6.45, 7) is 6.70. The van der Waals surface area contributed by atoms with Crippen LogP contribution in [0.4, 0.5) is 11.6 Å². The number of ether oxygens (including phenoxy) is 2. The minimum atomic E-state index is 0.331. The van der Waals surface area contributed by atoms with Crippen molar-refractivity contribution in [3.63, 3.8) is 0 Å². The minimum absolute atomic E-state index is 0.331. The smallest absolute Gasteiger partial charge is 0.204 e. The maximum atomic E-state index is 5.44. The fraction of sp³-hybridized carbons (Fsp3) is 0.714. The van der Waals surface area contributed by atoms with Gasteiger partial charge in [-0.25, -0.2) is 9.97 Å². The molecule has 1 atom stereocenters. The number of aromatic nitrogens is 2. The summed E-state index contributed by atoms with van der Waals surface area (Å²) < 4.78 is 10.9. The first kappa shape index (κ1) is 14.8. The van der Waals surface area contributed by atoms with Crippen LogP contribution in [0.2, 0.25) is 0 Å². The molecule has 1 saturated heterocycles. The number of nitrogens with zero attached hydrogens (tertiary/aromatic N) is 2. The molecule has 0 saturated carbocycles. The van der Waals surface area contributed by atoms with Crippen molar-refractivity contribution < 1.29 is 9.47 Å². The van der Waals surface area contributed by atoms with E-state index in [-0.39, 0.29) is 0 Å². The molecule has 0 bridgehead atoms. The molecule has 0 amide bonds. The quantitative estimate of drug-likeness (QED) is 0.832. The first-order valence-electron chi connectivity index (χ1n) is 7.23. The summed E-state index contributed by atoms with van der Waals surface area (Å²) in [6.07, 6.45) is 3.73. The lowest BCUT2D eigenvalue weighted by Gasteiger charge is -2.29. The summed E-state index contributed by atoms with van der Waals surface area (Å²) in [7, 11) is 1.64. The van der Waals surface area contributed by atoms with Gasteiger partial charge in [-0.1, -0.05) is 0 Å². The van der Waals surface area contributed by atoms with E-state index < -0.39 is 0 Å². The number of rotatable bonds is 6. The largest absolute Gasteiger partial charge is 0.490 e. The minimum Gasteiger partial charge on any atom is -0.490 e. The lowest BCUT2D eigenvalue weighted by Crippen LogP contribution is -2.31. The van der Waals surface area contributed by atoms with Gasteiger partial charge in [0.1, 0.15) is 6.33 Å². The molecule has 2 heterocycles. The van der Waals surface area contributed by atoms with Crippen molar-refractivity contribution >= 4 is 11.6 Å². The van der Waals surface area contributed by atoms with Crippen LogP contribution in [0, 0.1) is 5.92 Å². The molecular weight excluding hydrogens is 256 g/mol. The first-order valence-corrected chi connectivity index (χ1v) is 7.23. The van der Waals surface area contributed by atoms with Gasteiger partial charge in [0, 0.05) is 25.8 Å². The molecule has 1 aromatic heterocycles. The van der Waals surface area contributed by atoms with Crippen LogP contribution >= 0.6 is 0 Å². The molecule has 0 aromatic carbocycles. The predicted molar refractivity (Wildman–Crippen MR) is 79.4 cm³/mol. The van der Waals surface area contributed by atoms with E-state index in [2.05, 4.69) is 27.5 Å². The van der Waals surface area contributed by atoms with Crippen molar-refractivity contribution in [3.05, 3.63) is 6.33 Å². The molecule has 112 valence electrons. The maximum Gasteiger partial charge on any atom is 0.204 e. The Labute approximate surface area is 120 Å². The highest BCUT2D eigenvalue weighted by atomic mass is 16.5. The van der Waals surface area contributed by atoms with Crippen LogP contribution < -0.4 is 15.4 Å². The number of nitrogens with one attached hydrogen (secondary N) is 2. The Bertz CT molecular complexity index is 422.